The number of hydrogen-bond donors (Lipinski definition) is 1. The van der Waals surface area contributed by atoms with Crippen molar-refractivity contribution in [1.82, 2.24) is 15.2 Å². The first kappa shape index (κ1) is 13.0. The smallest absolute Gasteiger partial charge is 0.0897 e. The molecule has 1 aromatic rings. The number of nitrogens with one attached hydrogen (secondary N) is 1. The summed E-state index contributed by atoms with van der Waals surface area (Å²) in [5.41, 5.74) is 1.18. The van der Waals surface area contributed by atoms with Gasteiger partial charge < -0.3 is 5.32 Å². The number of nitrogens with zero attached hydrogens (tertiary/aromatic N) is 2. The predicted octanol–water partition coefficient (Wildman–Crippen LogP) is 2.42. The van der Waals surface area contributed by atoms with Gasteiger partial charge in [-0.25, -0.2) is 4.98 Å². The Labute approximate surface area is 108 Å². The van der Waals surface area contributed by atoms with Gasteiger partial charge in [-0.1, -0.05) is 6.42 Å². The van der Waals surface area contributed by atoms with E-state index in [1.165, 1.54) is 38.0 Å². The Hall–Kier alpha value is -0.450. The van der Waals surface area contributed by atoms with Gasteiger partial charge in [0.25, 0.3) is 0 Å². The largest absolute Gasteiger partial charge is 0.310 e. The third-order valence-corrected chi connectivity index (χ3v) is 4.25. The molecule has 1 aromatic heterocycles. The van der Waals surface area contributed by atoms with Gasteiger partial charge in [0.15, 0.2) is 0 Å². The monoisotopic (exact) mass is 253 g/mol. The highest BCUT2D eigenvalue weighted by molar-refractivity contribution is 7.09. The molecular formula is C13H23N3S. The SMILES string of the molecule is Cc1nc(CNCC(C)N2CCCCC2)cs1. The van der Waals surface area contributed by atoms with Gasteiger partial charge in [-0.15, -0.1) is 11.3 Å². The summed E-state index contributed by atoms with van der Waals surface area (Å²) in [5, 5.41) is 6.82. The van der Waals surface area contributed by atoms with Gasteiger partial charge in [0, 0.05) is 24.5 Å². The number of likely N-dealkylation sites (tertiary alicyclic amines) is 1. The molecule has 1 unspecified atom stereocenters. The summed E-state index contributed by atoms with van der Waals surface area (Å²) in [6.45, 7) is 8.91. The van der Waals surface area contributed by atoms with Crippen molar-refractivity contribution in [2.24, 2.45) is 0 Å². The molecule has 1 aliphatic heterocycles. The van der Waals surface area contributed by atoms with Crippen molar-refractivity contribution in [1.29, 1.82) is 0 Å². The maximum Gasteiger partial charge on any atom is 0.0897 e. The average molecular weight is 253 g/mol. The van der Waals surface area contributed by atoms with Gasteiger partial charge in [0.2, 0.25) is 0 Å². The lowest BCUT2D eigenvalue weighted by atomic mass is 10.1. The Morgan fingerprint density at radius 3 is 2.82 bits per heavy atom. The Balaban J connectivity index is 1.67. The minimum Gasteiger partial charge on any atom is -0.310 e. The van der Waals surface area contributed by atoms with Crippen LogP contribution in [0.15, 0.2) is 5.38 Å². The molecule has 0 saturated carbocycles. The lowest BCUT2D eigenvalue weighted by Crippen LogP contribution is -2.42. The molecule has 1 saturated heterocycles. The topological polar surface area (TPSA) is 28.2 Å². The van der Waals surface area contributed by atoms with Gasteiger partial charge >= 0.3 is 0 Å². The van der Waals surface area contributed by atoms with E-state index in [1.54, 1.807) is 11.3 Å². The summed E-state index contributed by atoms with van der Waals surface area (Å²) in [6, 6.07) is 0.648. The second-order valence-corrected chi connectivity index (χ2v) is 6.00. The lowest BCUT2D eigenvalue weighted by molar-refractivity contribution is 0.170. The summed E-state index contributed by atoms with van der Waals surface area (Å²) in [4.78, 5) is 7.06. The highest BCUT2D eigenvalue weighted by atomic mass is 32.1. The fourth-order valence-corrected chi connectivity index (χ4v) is 3.00. The fraction of sp³-hybridized carbons (Fsp3) is 0.769. The van der Waals surface area contributed by atoms with Crippen molar-refractivity contribution in [2.45, 2.75) is 45.7 Å². The van der Waals surface area contributed by atoms with Gasteiger partial charge in [-0.3, -0.25) is 4.90 Å². The molecule has 0 aliphatic carbocycles. The van der Waals surface area contributed by atoms with E-state index in [1.807, 2.05) is 0 Å². The minimum absolute atomic E-state index is 0.648. The molecule has 4 heteroatoms. The number of rotatable bonds is 5. The second kappa shape index (κ2) is 6.47. The molecule has 17 heavy (non-hydrogen) atoms. The van der Waals surface area contributed by atoms with Gasteiger partial charge in [-0.2, -0.15) is 0 Å². The van der Waals surface area contributed by atoms with E-state index < -0.39 is 0 Å². The summed E-state index contributed by atoms with van der Waals surface area (Å²) >= 11 is 1.73. The van der Waals surface area contributed by atoms with Gasteiger partial charge in [0.1, 0.15) is 0 Å². The van der Waals surface area contributed by atoms with Gasteiger partial charge in [0.05, 0.1) is 10.7 Å². The maximum absolute atomic E-state index is 4.46. The van der Waals surface area contributed by atoms with Crippen LogP contribution >= 0.6 is 11.3 Å². The molecule has 1 atom stereocenters. The lowest BCUT2D eigenvalue weighted by Gasteiger charge is -2.32. The molecule has 2 rings (SSSR count). The first-order valence-corrected chi connectivity index (χ1v) is 7.49. The summed E-state index contributed by atoms with van der Waals surface area (Å²) in [6.07, 6.45) is 4.15. The Bertz CT molecular complexity index is 331. The van der Waals surface area contributed by atoms with Crippen LogP contribution in [0.3, 0.4) is 0 Å². The van der Waals surface area contributed by atoms with Crippen molar-refractivity contribution < 1.29 is 0 Å². The predicted molar refractivity (Wildman–Crippen MR) is 73.4 cm³/mol. The Morgan fingerprint density at radius 2 is 2.18 bits per heavy atom. The number of hydrogen-bond acceptors (Lipinski definition) is 4. The molecule has 96 valence electrons. The van der Waals surface area contributed by atoms with E-state index in [9.17, 15) is 0 Å². The maximum atomic E-state index is 4.46. The van der Waals surface area contributed by atoms with E-state index in [2.05, 4.69) is 34.4 Å². The molecule has 0 spiro atoms. The molecule has 1 aliphatic rings. The van der Waals surface area contributed by atoms with Crippen molar-refractivity contribution in [3.63, 3.8) is 0 Å². The van der Waals surface area contributed by atoms with Crippen LogP contribution in [0.5, 0.6) is 0 Å². The zero-order valence-corrected chi connectivity index (χ0v) is 11.7. The molecule has 0 bridgehead atoms. The van der Waals surface area contributed by atoms with Gasteiger partial charge in [-0.05, 0) is 39.8 Å². The fourth-order valence-electron chi connectivity index (χ4n) is 2.39. The average Bonchev–Trinajstić information content (AvgIpc) is 2.76. The zero-order chi connectivity index (χ0) is 12.1. The molecule has 0 amide bonds. The standard InChI is InChI=1S/C13H23N3S/c1-11(16-6-4-3-5-7-16)8-14-9-13-10-17-12(2)15-13/h10-11,14H,3-9H2,1-2H3. The molecule has 2 heterocycles. The number of aromatic nitrogens is 1. The Morgan fingerprint density at radius 1 is 1.41 bits per heavy atom. The third kappa shape index (κ3) is 4.05. The minimum atomic E-state index is 0.648. The molecule has 1 N–H and O–H groups in total. The first-order valence-electron chi connectivity index (χ1n) is 6.61. The molecule has 0 aromatic carbocycles. The van der Waals surface area contributed by atoms with Crippen LogP contribution in [0.1, 0.15) is 36.9 Å². The number of thiazole rings is 1. The number of piperidine rings is 1. The highest BCUT2D eigenvalue weighted by Gasteiger charge is 2.15. The van der Waals surface area contributed by atoms with E-state index in [0.717, 1.165) is 18.1 Å². The molecular weight excluding hydrogens is 230 g/mol. The second-order valence-electron chi connectivity index (χ2n) is 4.93. The zero-order valence-electron chi connectivity index (χ0n) is 10.9. The first-order chi connectivity index (χ1) is 8.25. The van der Waals surface area contributed by atoms with Crippen LogP contribution in [-0.4, -0.2) is 35.6 Å². The normalized spacial score (nSPS) is 19.4. The highest BCUT2D eigenvalue weighted by Crippen LogP contribution is 2.12. The van der Waals surface area contributed by atoms with E-state index >= 15 is 0 Å². The van der Waals surface area contributed by atoms with Crippen molar-refractivity contribution >= 4 is 11.3 Å². The summed E-state index contributed by atoms with van der Waals surface area (Å²) in [5.74, 6) is 0. The van der Waals surface area contributed by atoms with E-state index in [4.69, 9.17) is 0 Å². The van der Waals surface area contributed by atoms with E-state index in [-0.39, 0.29) is 0 Å². The molecule has 3 nitrogen and oxygen atoms in total. The van der Waals surface area contributed by atoms with Crippen LogP contribution in [0, 0.1) is 6.92 Å². The number of aryl methyl sites for hydroxylation is 1. The van der Waals surface area contributed by atoms with E-state index in [0.29, 0.717) is 6.04 Å². The summed E-state index contributed by atoms with van der Waals surface area (Å²) < 4.78 is 0. The van der Waals surface area contributed by atoms with Crippen molar-refractivity contribution in [3.8, 4) is 0 Å². The van der Waals surface area contributed by atoms with Crippen molar-refractivity contribution in [2.75, 3.05) is 19.6 Å². The van der Waals surface area contributed by atoms with Crippen molar-refractivity contribution in [3.05, 3.63) is 16.1 Å². The molecule has 0 radical (unpaired) electrons. The van der Waals surface area contributed by atoms with Crippen LogP contribution in [0.25, 0.3) is 0 Å². The van der Waals surface area contributed by atoms with Crippen LogP contribution in [-0.2, 0) is 6.54 Å². The van der Waals surface area contributed by atoms with Crippen LogP contribution < -0.4 is 5.32 Å². The Kier molecular flexibility index (Phi) is 4.95. The quantitative estimate of drug-likeness (QED) is 0.873. The van der Waals surface area contributed by atoms with Crippen LogP contribution in [0.2, 0.25) is 0 Å². The molecule has 1 fully saturated rings. The van der Waals surface area contributed by atoms with Crippen LogP contribution in [0.4, 0.5) is 0 Å². The summed E-state index contributed by atoms with van der Waals surface area (Å²) in [7, 11) is 0. The third-order valence-electron chi connectivity index (χ3n) is 3.43.